The first-order valence-corrected chi connectivity index (χ1v) is 6.70. The van der Waals surface area contributed by atoms with Gasteiger partial charge < -0.3 is 11.1 Å². The largest absolute Gasteiger partial charge is 0.398 e. The van der Waals surface area contributed by atoms with E-state index in [1.807, 2.05) is 23.8 Å². The van der Waals surface area contributed by atoms with Crippen molar-refractivity contribution < 1.29 is 4.79 Å². The second-order valence-electron chi connectivity index (χ2n) is 3.66. The summed E-state index contributed by atoms with van der Waals surface area (Å²) in [4.78, 5) is 11.9. The zero-order valence-electron chi connectivity index (χ0n) is 9.16. The summed E-state index contributed by atoms with van der Waals surface area (Å²) in [5, 5.41) is 6.61. The molecule has 88 valence electrons. The summed E-state index contributed by atoms with van der Waals surface area (Å²) in [5.41, 5.74) is 8.74. The first-order chi connectivity index (χ1) is 8.08. The lowest BCUT2D eigenvalue weighted by molar-refractivity contribution is 0.102. The molecular formula is C12H11BrN2OS. The predicted octanol–water partition coefficient (Wildman–Crippen LogP) is 3.65. The summed E-state index contributed by atoms with van der Waals surface area (Å²) < 4.78 is 0.821. The molecule has 2 aromatic rings. The molecule has 3 N–H and O–H groups in total. The van der Waals surface area contributed by atoms with Crippen molar-refractivity contribution in [2.45, 2.75) is 6.92 Å². The van der Waals surface area contributed by atoms with Crippen molar-refractivity contribution in [2.24, 2.45) is 0 Å². The fraction of sp³-hybridized carbons (Fsp3) is 0.0833. The van der Waals surface area contributed by atoms with E-state index in [0.29, 0.717) is 16.9 Å². The van der Waals surface area contributed by atoms with Crippen LogP contribution in [-0.4, -0.2) is 5.91 Å². The van der Waals surface area contributed by atoms with E-state index in [2.05, 4.69) is 21.2 Å². The Hall–Kier alpha value is -1.33. The van der Waals surface area contributed by atoms with E-state index in [9.17, 15) is 4.79 Å². The van der Waals surface area contributed by atoms with Gasteiger partial charge in [-0.1, -0.05) is 0 Å². The van der Waals surface area contributed by atoms with Crippen LogP contribution in [0.3, 0.4) is 0 Å². The van der Waals surface area contributed by atoms with Crippen molar-refractivity contribution in [1.29, 1.82) is 0 Å². The monoisotopic (exact) mass is 310 g/mol. The van der Waals surface area contributed by atoms with Gasteiger partial charge in [-0.3, -0.25) is 4.79 Å². The third-order valence-corrected chi connectivity index (χ3v) is 3.94. The lowest BCUT2D eigenvalue weighted by Gasteiger charge is -2.06. The Kier molecular flexibility index (Phi) is 3.49. The van der Waals surface area contributed by atoms with Gasteiger partial charge in [0, 0.05) is 21.2 Å². The number of thiophene rings is 1. The molecule has 1 aromatic heterocycles. The number of carbonyl (C=O) groups is 1. The molecule has 0 saturated heterocycles. The van der Waals surface area contributed by atoms with Crippen molar-refractivity contribution >= 4 is 44.5 Å². The molecule has 0 spiro atoms. The second-order valence-corrected chi connectivity index (χ2v) is 5.26. The fourth-order valence-electron chi connectivity index (χ4n) is 1.41. The van der Waals surface area contributed by atoms with Crippen LogP contribution in [0, 0.1) is 6.92 Å². The van der Waals surface area contributed by atoms with Crippen LogP contribution < -0.4 is 11.1 Å². The normalized spacial score (nSPS) is 10.2. The molecular weight excluding hydrogens is 300 g/mol. The zero-order chi connectivity index (χ0) is 12.4. The van der Waals surface area contributed by atoms with Gasteiger partial charge >= 0.3 is 0 Å². The van der Waals surface area contributed by atoms with Crippen LogP contribution in [0.25, 0.3) is 0 Å². The maximum Gasteiger partial charge on any atom is 0.256 e. The quantitative estimate of drug-likeness (QED) is 0.832. The first kappa shape index (κ1) is 12.1. The molecule has 0 atom stereocenters. The molecule has 0 unspecified atom stereocenters. The van der Waals surface area contributed by atoms with Crippen LogP contribution in [0.1, 0.15) is 15.9 Å². The lowest BCUT2D eigenvalue weighted by Crippen LogP contribution is -2.12. The first-order valence-electron chi connectivity index (χ1n) is 4.97. The van der Waals surface area contributed by atoms with Crippen LogP contribution in [-0.2, 0) is 0 Å². The summed E-state index contributed by atoms with van der Waals surface area (Å²) in [7, 11) is 0. The molecule has 0 aliphatic rings. The summed E-state index contributed by atoms with van der Waals surface area (Å²) >= 11 is 4.83. The van der Waals surface area contributed by atoms with Gasteiger partial charge in [-0.15, -0.1) is 0 Å². The molecule has 1 amide bonds. The summed E-state index contributed by atoms with van der Waals surface area (Å²) in [6, 6.07) is 5.34. The van der Waals surface area contributed by atoms with Gasteiger partial charge in [0.25, 0.3) is 5.91 Å². The number of hydrogen-bond donors (Lipinski definition) is 2. The molecule has 0 aliphatic heterocycles. The molecule has 1 aromatic carbocycles. The van der Waals surface area contributed by atoms with Crippen molar-refractivity contribution in [3.63, 3.8) is 0 Å². The molecule has 17 heavy (non-hydrogen) atoms. The number of halogens is 1. The zero-order valence-corrected chi connectivity index (χ0v) is 11.6. The molecule has 0 fully saturated rings. The number of carbonyl (C=O) groups excluding carboxylic acids is 1. The number of amides is 1. The number of nitrogen functional groups attached to an aromatic ring is 1. The van der Waals surface area contributed by atoms with Crippen molar-refractivity contribution in [3.8, 4) is 0 Å². The van der Waals surface area contributed by atoms with Crippen LogP contribution in [0.5, 0.6) is 0 Å². The topological polar surface area (TPSA) is 55.1 Å². The highest BCUT2D eigenvalue weighted by molar-refractivity contribution is 9.10. The highest BCUT2D eigenvalue weighted by Gasteiger charge is 2.10. The average Bonchev–Trinajstić information content (AvgIpc) is 2.70. The molecule has 0 saturated carbocycles. The van der Waals surface area contributed by atoms with E-state index in [1.54, 1.807) is 12.1 Å². The van der Waals surface area contributed by atoms with Crippen molar-refractivity contribution in [2.75, 3.05) is 11.1 Å². The Balaban J connectivity index is 2.19. The minimum atomic E-state index is -0.106. The van der Waals surface area contributed by atoms with Gasteiger partial charge in [-0.25, -0.2) is 0 Å². The number of nitrogens with two attached hydrogens (primary N) is 1. The lowest BCUT2D eigenvalue weighted by atomic mass is 10.2. The number of aryl methyl sites for hydroxylation is 1. The van der Waals surface area contributed by atoms with Gasteiger partial charge in [0.1, 0.15) is 0 Å². The van der Waals surface area contributed by atoms with Crippen LogP contribution >= 0.6 is 27.3 Å². The molecule has 3 nitrogen and oxygen atoms in total. The van der Waals surface area contributed by atoms with Crippen LogP contribution in [0.2, 0.25) is 0 Å². The van der Waals surface area contributed by atoms with Crippen LogP contribution in [0.15, 0.2) is 33.4 Å². The standard InChI is InChI=1S/C12H11BrN2OS/c1-7-5-17-6-9(7)12(16)15-8-2-3-10(13)11(14)4-8/h2-6H,14H2,1H3,(H,15,16). The highest BCUT2D eigenvalue weighted by atomic mass is 79.9. The van der Waals surface area contributed by atoms with Gasteiger partial charge in [0.15, 0.2) is 0 Å². The molecule has 1 heterocycles. The van der Waals surface area contributed by atoms with E-state index < -0.39 is 0 Å². The predicted molar refractivity (Wildman–Crippen MR) is 75.6 cm³/mol. The van der Waals surface area contributed by atoms with Gasteiger partial charge in [-0.05, 0) is 52.0 Å². The Morgan fingerprint density at radius 2 is 2.18 bits per heavy atom. The number of benzene rings is 1. The van der Waals surface area contributed by atoms with E-state index >= 15 is 0 Å². The SMILES string of the molecule is Cc1cscc1C(=O)Nc1ccc(Br)c(N)c1. The highest BCUT2D eigenvalue weighted by Crippen LogP contribution is 2.23. The summed E-state index contributed by atoms with van der Waals surface area (Å²) in [6.45, 7) is 1.92. The van der Waals surface area contributed by atoms with Gasteiger partial charge in [0.2, 0.25) is 0 Å². The maximum absolute atomic E-state index is 11.9. The van der Waals surface area contributed by atoms with E-state index in [4.69, 9.17) is 5.73 Å². The minimum absolute atomic E-state index is 0.106. The third kappa shape index (κ3) is 2.68. The average molecular weight is 311 g/mol. The van der Waals surface area contributed by atoms with Crippen molar-refractivity contribution in [3.05, 3.63) is 44.6 Å². The van der Waals surface area contributed by atoms with Crippen molar-refractivity contribution in [1.82, 2.24) is 0 Å². The Morgan fingerprint density at radius 1 is 1.41 bits per heavy atom. The van der Waals surface area contributed by atoms with E-state index in [1.165, 1.54) is 11.3 Å². The molecule has 5 heteroatoms. The summed E-state index contributed by atoms with van der Waals surface area (Å²) in [5.74, 6) is -0.106. The molecule has 2 rings (SSSR count). The Labute approximate surface area is 112 Å². The fourth-order valence-corrected chi connectivity index (χ4v) is 2.49. The number of nitrogens with one attached hydrogen (secondary N) is 1. The summed E-state index contributed by atoms with van der Waals surface area (Å²) in [6.07, 6.45) is 0. The Bertz CT molecular complexity index is 565. The van der Waals surface area contributed by atoms with E-state index in [-0.39, 0.29) is 5.91 Å². The number of anilines is 2. The molecule has 0 aliphatic carbocycles. The molecule has 0 radical (unpaired) electrons. The number of rotatable bonds is 2. The van der Waals surface area contributed by atoms with Gasteiger partial charge in [-0.2, -0.15) is 11.3 Å². The van der Waals surface area contributed by atoms with E-state index in [0.717, 1.165) is 10.0 Å². The van der Waals surface area contributed by atoms with Gasteiger partial charge in [0.05, 0.1) is 5.56 Å². The third-order valence-electron chi connectivity index (χ3n) is 2.35. The minimum Gasteiger partial charge on any atom is -0.398 e. The second kappa shape index (κ2) is 4.89. The molecule has 0 bridgehead atoms. The Morgan fingerprint density at radius 3 is 2.76 bits per heavy atom. The smallest absolute Gasteiger partial charge is 0.256 e. The maximum atomic E-state index is 11.9. The number of hydrogen-bond acceptors (Lipinski definition) is 3. The van der Waals surface area contributed by atoms with Crippen LogP contribution in [0.4, 0.5) is 11.4 Å².